The van der Waals surface area contributed by atoms with Crippen molar-refractivity contribution in [1.82, 2.24) is 20.4 Å². The molecule has 0 aliphatic rings. The summed E-state index contributed by atoms with van der Waals surface area (Å²) >= 11 is 0. The Morgan fingerprint density at radius 1 is 0.906 bits per heavy atom. The SMILES string of the molecule is CN=C(NCc1ccc(OCCCN(C)C)cc1)NCc1ccc(C(=O)N(C)C)cc1.I. The molecule has 2 N–H and O–H groups in total. The van der Waals surface area contributed by atoms with Gasteiger partial charge in [-0.25, -0.2) is 0 Å². The third kappa shape index (κ3) is 9.86. The van der Waals surface area contributed by atoms with Crippen molar-refractivity contribution in [2.45, 2.75) is 19.5 Å². The topological polar surface area (TPSA) is 69.2 Å². The first-order valence-corrected chi connectivity index (χ1v) is 10.5. The summed E-state index contributed by atoms with van der Waals surface area (Å²) in [6.45, 7) is 3.02. The van der Waals surface area contributed by atoms with Crippen LogP contribution in [0.2, 0.25) is 0 Å². The summed E-state index contributed by atoms with van der Waals surface area (Å²) in [5, 5.41) is 6.61. The standard InChI is InChI=1S/C24H35N5O2.HI/c1-25-24(26-17-19-7-11-21(12-8-19)23(30)29(4)5)27-18-20-9-13-22(14-10-20)31-16-6-15-28(2)3;/h7-14H,6,15-18H2,1-5H3,(H2,25,26,27);1H. The molecule has 0 bridgehead atoms. The lowest BCUT2D eigenvalue weighted by Crippen LogP contribution is -2.36. The monoisotopic (exact) mass is 553 g/mol. The molecule has 2 aromatic carbocycles. The van der Waals surface area contributed by atoms with Gasteiger partial charge in [0.05, 0.1) is 6.61 Å². The van der Waals surface area contributed by atoms with Gasteiger partial charge in [0.15, 0.2) is 5.96 Å². The molecule has 0 saturated carbocycles. The van der Waals surface area contributed by atoms with E-state index in [4.69, 9.17) is 4.74 Å². The number of guanidine groups is 1. The van der Waals surface area contributed by atoms with Crippen LogP contribution in [0.1, 0.15) is 27.9 Å². The molecule has 1 amide bonds. The molecule has 0 aliphatic carbocycles. The van der Waals surface area contributed by atoms with Gasteiger partial charge >= 0.3 is 0 Å². The van der Waals surface area contributed by atoms with Gasteiger partial charge in [0, 0.05) is 46.3 Å². The molecule has 0 aromatic heterocycles. The second-order valence-corrected chi connectivity index (χ2v) is 7.83. The lowest BCUT2D eigenvalue weighted by Gasteiger charge is -2.14. The summed E-state index contributed by atoms with van der Waals surface area (Å²) in [5.74, 6) is 1.61. The number of carbonyl (C=O) groups is 1. The second kappa shape index (κ2) is 14.7. The molecule has 176 valence electrons. The van der Waals surface area contributed by atoms with E-state index in [1.165, 1.54) is 0 Å². The van der Waals surface area contributed by atoms with Crippen LogP contribution in [0.5, 0.6) is 5.75 Å². The van der Waals surface area contributed by atoms with E-state index in [2.05, 4.69) is 46.8 Å². The Bertz CT molecular complexity index is 836. The van der Waals surface area contributed by atoms with Gasteiger partial charge in [-0.2, -0.15) is 0 Å². The maximum atomic E-state index is 12.0. The van der Waals surface area contributed by atoms with Crippen molar-refractivity contribution in [3.63, 3.8) is 0 Å². The molecule has 2 aromatic rings. The first-order valence-electron chi connectivity index (χ1n) is 10.5. The van der Waals surface area contributed by atoms with Crippen molar-refractivity contribution in [3.8, 4) is 5.75 Å². The first kappa shape index (κ1) is 27.7. The minimum atomic E-state index is 0. The number of hydrogen-bond acceptors (Lipinski definition) is 4. The average molecular weight is 553 g/mol. The van der Waals surface area contributed by atoms with Gasteiger partial charge in [0.2, 0.25) is 0 Å². The molecule has 0 saturated heterocycles. The largest absolute Gasteiger partial charge is 0.494 e. The molecule has 8 heteroatoms. The number of amides is 1. The number of nitrogens with zero attached hydrogens (tertiary/aromatic N) is 3. The van der Waals surface area contributed by atoms with E-state index in [0.717, 1.165) is 42.4 Å². The highest BCUT2D eigenvalue weighted by molar-refractivity contribution is 14.0. The molecule has 0 spiro atoms. The third-order valence-electron chi connectivity index (χ3n) is 4.69. The van der Waals surface area contributed by atoms with E-state index in [0.29, 0.717) is 18.7 Å². The van der Waals surface area contributed by atoms with Gasteiger partial charge in [-0.1, -0.05) is 24.3 Å². The zero-order chi connectivity index (χ0) is 22.6. The van der Waals surface area contributed by atoms with Crippen LogP contribution >= 0.6 is 24.0 Å². The zero-order valence-electron chi connectivity index (χ0n) is 19.7. The van der Waals surface area contributed by atoms with Crippen LogP contribution in [-0.4, -0.2) is 70.1 Å². The van der Waals surface area contributed by atoms with Crippen molar-refractivity contribution in [1.29, 1.82) is 0 Å². The van der Waals surface area contributed by atoms with E-state index in [-0.39, 0.29) is 29.9 Å². The Morgan fingerprint density at radius 3 is 1.91 bits per heavy atom. The van der Waals surface area contributed by atoms with Gasteiger partial charge in [-0.05, 0) is 55.9 Å². The number of benzene rings is 2. The van der Waals surface area contributed by atoms with Crippen LogP contribution in [-0.2, 0) is 13.1 Å². The number of carbonyl (C=O) groups excluding carboxylic acids is 1. The molecule has 7 nitrogen and oxygen atoms in total. The van der Waals surface area contributed by atoms with Crippen molar-refractivity contribution >= 4 is 35.8 Å². The van der Waals surface area contributed by atoms with Crippen LogP contribution in [0.3, 0.4) is 0 Å². The Balaban J connectivity index is 0.00000512. The third-order valence-corrected chi connectivity index (χ3v) is 4.69. The highest BCUT2D eigenvalue weighted by Crippen LogP contribution is 2.12. The fourth-order valence-corrected chi connectivity index (χ4v) is 2.89. The second-order valence-electron chi connectivity index (χ2n) is 7.83. The lowest BCUT2D eigenvalue weighted by molar-refractivity contribution is 0.0827. The van der Waals surface area contributed by atoms with Gasteiger partial charge < -0.3 is 25.2 Å². The molecule has 32 heavy (non-hydrogen) atoms. The number of hydrogen-bond donors (Lipinski definition) is 2. The van der Waals surface area contributed by atoms with E-state index in [1.807, 2.05) is 36.4 Å². The molecule has 0 fully saturated rings. The predicted molar refractivity (Wildman–Crippen MR) is 142 cm³/mol. The minimum absolute atomic E-state index is 0. The smallest absolute Gasteiger partial charge is 0.253 e. The van der Waals surface area contributed by atoms with Gasteiger partial charge in [-0.15, -0.1) is 24.0 Å². The molecule has 0 heterocycles. The minimum Gasteiger partial charge on any atom is -0.494 e. The summed E-state index contributed by atoms with van der Waals surface area (Å²) in [4.78, 5) is 20.0. The molecular weight excluding hydrogens is 517 g/mol. The normalized spacial score (nSPS) is 11.0. The fourth-order valence-electron chi connectivity index (χ4n) is 2.89. The Labute approximate surface area is 209 Å². The Morgan fingerprint density at radius 2 is 1.44 bits per heavy atom. The summed E-state index contributed by atoms with van der Waals surface area (Å²) in [6.07, 6.45) is 1.01. The Kier molecular flexibility index (Phi) is 12.7. The molecule has 0 aliphatic heterocycles. The van der Waals surface area contributed by atoms with Crippen molar-refractivity contribution < 1.29 is 9.53 Å². The summed E-state index contributed by atoms with van der Waals surface area (Å²) in [5.41, 5.74) is 2.91. The number of ether oxygens (including phenoxy) is 1. The van der Waals surface area contributed by atoms with Gasteiger partial charge in [-0.3, -0.25) is 9.79 Å². The highest BCUT2D eigenvalue weighted by Gasteiger charge is 2.07. The summed E-state index contributed by atoms with van der Waals surface area (Å²) in [7, 11) is 9.38. The molecule has 0 atom stereocenters. The zero-order valence-corrected chi connectivity index (χ0v) is 22.1. The van der Waals surface area contributed by atoms with E-state index in [1.54, 1.807) is 26.0 Å². The lowest BCUT2D eigenvalue weighted by atomic mass is 10.1. The van der Waals surface area contributed by atoms with Gasteiger partial charge in [0.25, 0.3) is 5.91 Å². The molecule has 0 unspecified atom stereocenters. The molecule has 2 rings (SSSR count). The van der Waals surface area contributed by atoms with Crippen molar-refractivity contribution in [2.75, 3.05) is 48.4 Å². The highest BCUT2D eigenvalue weighted by atomic mass is 127. The summed E-state index contributed by atoms with van der Waals surface area (Å²) in [6, 6.07) is 15.7. The molecular formula is C24H36IN5O2. The number of halogens is 1. The maximum Gasteiger partial charge on any atom is 0.253 e. The van der Waals surface area contributed by atoms with Crippen LogP contribution in [0.4, 0.5) is 0 Å². The first-order chi connectivity index (χ1) is 14.9. The Hall–Kier alpha value is -2.33. The maximum absolute atomic E-state index is 12.0. The van der Waals surface area contributed by atoms with Crippen LogP contribution in [0.15, 0.2) is 53.5 Å². The predicted octanol–water partition coefficient (Wildman–Crippen LogP) is 3.20. The average Bonchev–Trinajstić information content (AvgIpc) is 2.77. The van der Waals surface area contributed by atoms with Crippen LogP contribution in [0.25, 0.3) is 0 Å². The van der Waals surface area contributed by atoms with E-state index >= 15 is 0 Å². The fraction of sp³-hybridized carbons (Fsp3) is 0.417. The number of nitrogens with one attached hydrogen (secondary N) is 2. The van der Waals surface area contributed by atoms with E-state index in [9.17, 15) is 4.79 Å². The van der Waals surface area contributed by atoms with E-state index < -0.39 is 0 Å². The van der Waals surface area contributed by atoms with Crippen molar-refractivity contribution in [3.05, 3.63) is 65.2 Å². The van der Waals surface area contributed by atoms with Crippen LogP contribution < -0.4 is 15.4 Å². The van der Waals surface area contributed by atoms with Gasteiger partial charge in [0.1, 0.15) is 5.75 Å². The van der Waals surface area contributed by atoms with Crippen LogP contribution in [0, 0.1) is 0 Å². The molecule has 0 radical (unpaired) electrons. The van der Waals surface area contributed by atoms with Crippen molar-refractivity contribution in [2.24, 2.45) is 4.99 Å². The summed E-state index contributed by atoms with van der Waals surface area (Å²) < 4.78 is 5.77. The number of aliphatic imine (C=N–C) groups is 1. The quantitative estimate of drug-likeness (QED) is 0.205. The number of rotatable bonds is 10.